The van der Waals surface area contributed by atoms with Crippen LogP contribution in [0.1, 0.15) is 32.9 Å². The van der Waals surface area contributed by atoms with Crippen LogP contribution < -0.4 is 9.47 Å². The molecule has 0 aliphatic heterocycles. The van der Waals surface area contributed by atoms with E-state index in [-0.39, 0.29) is 5.88 Å². The number of hydrogen-bond donors (Lipinski definition) is 0. The number of ether oxygens (including phenoxy) is 3. The molecule has 8 nitrogen and oxygen atoms in total. The fraction of sp³-hybridized carbons (Fsp3) is 0.147. The highest BCUT2D eigenvalue weighted by molar-refractivity contribution is 5.94. The topological polar surface area (TPSA) is 99.0 Å². The molecule has 3 aromatic carbocycles. The van der Waals surface area contributed by atoms with Crippen LogP contribution in [-0.2, 0) is 4.74 Å². The number of esters is 1. The van der Waals surface area contributed by atoms with Gasteiger partial charge in [0.1, 0.15) is 28.9 Å². The first-order valence-corrected chi connectivity index (χ1v) is 13.2. The molecule has 5 aromatic rings. The van der Waals surface area contributed by atoms with Crippen molar-refractivity contribution in [3.8, 4) is 45.7 Å². The summed E-state index contributed by atoms with van der Waals surface area (Å²) in [6, 6.07) is 26.4. The zero-order chi connectivity index (χ0) is 29.8. The van der Waals surface area contributed by atoms with Crippen molar-refractivity contribution in [1.29, 1.82) is 5.26 Å². The van der Waals surface area contributed by atoms with Crippen molar-refractivity contribution in [1.82, 2.24) is 4.57 Å². The number of para-hydroxylation sites is 1. The van der Waals surface area contributed by atoms with E-state index in [0.717, 1.165) is 28.1 Å². The maximum absolute atomic E-state index is 12.4. The number of methoxy groups -OCH3 is 3. The van der Waals surface area contributed by atoms with E-state index >= 15 is 0 Å². The summed E-state index contributed by atoms with van der Waals surface area (Å²) in [6.07, 6.45) is 1.68. The van der Waals surface area contributed by atoms with Crippen LogP contribution in [0.5, 0.6) is 11.5 Å². The third-order valence-electron chi connectivity index (χ3n) is 7.07. The molecule has 2 heterocycles. The highest BCUT2D eigenvalue weighted by Gasteiger charge is 2.23. The zero-order valence-electron chi connectivity index (χ0n) is 24.0. The third-order valence-corrected chi connectivity index (χ3v) is 7.07. The fourth-order valence-electron chi connectivity index (χ4n) is 4.96. The van der Waals surface area contributed by atoms with E-state index < -0.39 is 5.97 Å². The van der Waals surface area contributed by atoms with E-state index in [4.69, 9.17) is 18.6 Å². The van der Waals surface area contributed by atoms with Crippen molar-refractivity contribution in [3.63, 3.8) is 0 Å². The molecule has 210 valence electrons. The summed E-state index contributed by atoms with van der Waals surface area (Å²) in [5.74, 6) is 1.70. The van der Waals surface area contributed by atoms with E-state index in [1.165, 1.54) is 7.11 Å². The average Bonchev–Trinajstić information content (AvgIpc) is 3.55. The van der Waals surface area contributed by atoms with Crippen molar-refractivity contribution in [2.24, 2.45) is 4.99 Å². The molecule has 42 heavy (non-hydrogen) atoms. The van der Waals surface area contributed by atoms with E-state index in [1.54, 1.807) is 32.6 Å². The number of benzene rings is 3. The molecule has 0 aliphatic rings. The number of hydrogen-bond acceptors (Lipinski definition) is 7. The zero-order valence-corrected chi connectivity index (χ0v) is 24.0. The molecule has 0 aliphatic carbocycles. The fourth-order valence-corrected chi connectivity index (χ4v) is 4.96. The van der Waals surface area contributed by atoms with Gasteiger partial charge in [0.05, 0.1) is 32.6 Å². The summed E-state index contributed by atoms with van der Waals surface area (Å²) in [5.41, 5.74) is 6.26. The van der Waals surface area contributed by atoms with Gasteiger partial charge in [-0.2, -0.15) is 5.26 Å². The standard InChI is InChI=1S/C34H29N3O5/c1-21-18-25(22(2)37(21)30-9-7-6-8-28(30)34(38)41-5)20-36-33-29(19-35)31(23-10-14-26(39-3)15-11-23)32(42-33)24-12-16-27(40-4)17-13-24/h6-18,20H,1-5H3. The Labute approximate surface area is 244 Å². The molecule has 0 bridgehead atoms. The molecular weight excluding hydrogens is 530 g/mol. The summed E-state index contributed by atoms with van der Waals surface area (Å²) < 4.78 is 23.9. The molecule has 0 N–H and O–H groups in total. The van der Waals surface area contributed by atoms with Gasteiger partial charge >= 0.3 is 5.97 Å². The first-order valence-electron chi connectivity index (χ1n) is 13.2. The van der Waals surface area contributed by atoms with Gasteiger partial charge in [-0.25, -0.2) is 9.79 Å². The van der Waals surface area contributed by atoms with Crippen molar-refractivity contribution in [3.05, 3.63) is 107 Å². The average molecular weight is 560 g/mol. The first kappa shape index (κ1) is 28.0. The lowest BCUT2D eigenvalue weighted by Gasteiger charge is -2.13. The Morgan fingerprint density at radius 3 is 2.12 bits per heavy atom. The van der Waals surface area contributed by atoms with Crippen LogP contribution in [-0.4, -0.2) is 38.1 Å². The molecule has 8 heteroatoms. The molecule has 0 fully saturated rings. The monoisotopic (exact) mass is 559 g/mol. The SMILES string of the molecule is COC(=O)c1ccccc1-n1c(C)cc(C=Nc2oc(-c3ccc(OC)cc3)c(-c3ccc(OC)cc3)c2C#N)c1C. The van der Waals surface area contributed by atoms with Crippen LogP contribution in [0, 0.1) is 25.2 Å². The van der Waals surface area contributed by atoms with Gasteiger partial charge in [0.2, 0.25) is 5.88 Å². The lowest BCUT2D eigenvalue weighted by atomic mass is 9.98. The predicted octanol–water partition coefficient (Wildman–Crippen LogP) is 7.45. The largest absolute Gasteiger partial charge is 0.497 e. The summed E-state index contributed by atoms with van der Waals surface area (Å²) in [6.45, 7) is 3.90. The second-order valence-electron chi connectivity index (χ2n) is 9.48. The van der Waals surface area contributed by atoms with Crippen molar-refractivity contribution < 1.29 is 23.4 Å². The Morgan fingerprint density at radius 1 is 0.905 bits per heavy atom. The maximum atomic E-state index is 12.4. The minimum absolute atomic E-state index is 0.189. The molecule has 5 rings (SSSR count). The van der Waals surface area contributed by atoms with Crippen LogP contribution >= 0.6 is 0 Å². The number of aromatic nitrogens is 1. The summed E-state index contributed by atoms with van der Waals surface area (Å²) in [4.78, 5) is 17.1. The van der Waals surface area contributed by atoms with Gasteiger partial charge in [0, 0.05) is 34.3 Å². The van der Waals surface area contributed by atoms with Crippen molar-refractivity contribution in [2.75, 3.05) is 21.3 Å². The highest BCUT2D eigenvalue weighted by Crippen LogP contribution is 2.43. The van der Waals surface area contributed by atoms with Gasteiger partial charge in [-0.15, -0.1) is 0 Å². The lowest BCUT2D eigenvalue weighted by Crippen LogP contribution is -2.09. The number of nitriles is 1. The predicted molar refractivity (Wildman–Crippen MR) is 161 cm³/mol. The van der Waals surface area contributed by atoms with Crippen molar-refractivity contribution in [2.45, 2.75) is 13.8 Å². The number of rotatable bonds is 8. The normalized spacial score (nSPS) is 11.0. The smallest absolute Gasteiger partial charge is 0.339 e. The summed E-state index contributed by atoms with van der Waals surface area (Å²) >= 11 is 0. The molecule has 0 spiro atoms. The number of aryl methyl sites for hydroxylation is 1. The second kappa shape index (κ2) is 11.9. The molecule has 0 radical (unpaired) electrons. The minimum atomic E-state index is -0.417. The third kappa shape index (κ3) is 5.16. The van der Waals surface area contributed by atoms with Gasteiger partial charge in [0.25, 0.3) is 0 Å². The minimum Gasteiger partial charge on any atom is -0.497 e. The second-order valence-corrected chi connectivity index (χ2v) is 9.48. The molecule has 0 amide bonds. The van der Waals surface area contributed by atoms with Crippen LogP contribution in [0.4, 0.5) is 5.88 Å². The van der Waals surface area contributed by atoms with Gasteiger partial charge in [-0.3, -0.25) is 0 Å². The molecule has 2 aromatic heterocycles. The molecule has 0 saturated carbocycles. The molecule has 0 atom stereocenters. The molecule has 0 saturated heterocycles. The molecule has 0 unspecified atom stereocenters. The Balaban J connectivity index is 1.62. The van der Waals surface area contributed by atoms with E-state index in [9.17, 15) is 10.1 Å². The summed E-state index contributed by atoms with van der Waals surface area (Å²) in [7, 11) is 4.58. The first-order chi connectivity index (χ1) is 20.4. The van der Waals surface area contributed by atoms with Crippen molar-refractivity contribution >= 4 is 18.1 Å². The van der Waals surface area contributed by atoms with Gasteiger partial charge in [-0.1, -0.05) is 24.3 Å². The van der Waals surface area contributed by atoms with Crippen LogP contribution in [0.2, 0.25) is 0 Å². The van der Waals surface area contributed by atoms with Gasteiger partial charge in [0.15, 0.2) is 0 Å². The Hall–Kier alpha value is -5.55. The number of carbonyl (C=O) groups excluding carboxylic acids is 1. The van der Waals surface area contributed by atoms with E-state index in [0.29, 0.717) is 39.6 Å². The van der Waals surface area contributed by atoms with Crippen LogP contribution in [0.15, 0.2) is 88.3 Å². The maximum Gasteiger partial charge on any atom is 0.339 e. The quantitative estimate of drug-likeness (QED) is 0.145. The van der Waals surface area contributed by atoms with Crippen LogP contribution in [0.3, 0.4) is 0 Å². The Morgan fingerprint density at radius 2 is 1.52 bits per heavy atom. The number of nitrogens with zero attached hydrogens (tertiary/aromatic N) is 3. The Kier molecular flexibility index (Phi) is 7.93. The van der Waals surface area contributed by atoms with E-state index in [2.05, 4.69) is 11.1 Å². The number of carbonyl (C=O) groups is 1. The number of aliphatic imine (C=N–C) groups is 1. The lowest BCUT2D eigenvalue weighted by molar-refractivity contribution is 0.0600. The van der Waals surface area contributed by atoms with E-state index in [1.807, 2.05) is 85.1 Å². The van der Waals surface area contributed by atoms with Gasteiger partial charge in [-0.05, 0) is 74.0 Å². The Bertz CT molecular complexity index is 1820. The van der Waals surface area contributed by atoms with Crippen LogP contribution in [0.25, 0.3) is 28.1 Å². The molecular formula is C34H29N3O5. The number of furan rings is 1. The summed E-state index contributed by atoms with van der Waals surface area (Å²) in [5, 5.41) is 10.3. The highest BCUT2D eigenvalue weighted by atomic mass is 16.5. The van der Waals surface area contributed by atoms with Gasteiger partial charge < -0.3 is 23.2 Å².